The molecule has 0 heterocycles. The number of rotatable bonds is 3. The summed E-state index contributed by atoms with van der Waals surface area (Å²) >= 11 is 0. The highest BCUT2D eigenvalue weighted by atomic mass is 16.6. The lowest BCUT2D eigenvalue weighted by Gasteiger charge is -2.09. The summed E-state index contributed by atoms with van der Waals surface area (Å²) < 4.78 is 4.45. The van der Waals surface area contributed by atoms with Gasteiger partial charge in [0.05, 0.1) is 0 Å². The maximum absolute atomic E-state index is 10.2. The molecule has 0 saturated heterocycles. The van der Waals surface area contributed by atoms with Crippen LogP contribution in [-0.4, -0.2) is 17.8 Å². The molecule has 3 N–H and O–H groups in total. The van der Waals surface area contributed by atoms with Crippen molar-refractivity contribution in [2.75, 3.05) is 6.61 Å². The summed E-state index contributed by atoms with van der Waals surface area (Å²) in [6, 6.07) is 8.92. The second-order valence-electron chi connectivity index (χ2n) is 2.56. The molecule has 4 nitrogen and oxygen atoms in total. The molecule has 70 valence electrons. The molecule has 0 aliphatic heterocycles. The van der Waals surface area contributed by atoms with Gasteiger partial charge in [-0.05, 0) is 5.56 Å². The molecular formula is C9H11NO3. The molecule has 1 amide bonds. The molecule has 1 atom stereocenters. The van der Waals surface area contributed by atoms with Crippen molar-refractivity contribution in [3.63, 3.8) is 0 Å². The molecule has 0 aromatic heterocycles. The third-order valence-corrected chi connectivity index (χ3v) is 1.57. The van der Waals surface area contributed by atoms with Gasteiger partial charge in [-0.2, -0.15) is 0 Å². The number of benzene rings is 1. The first-order valence-corrected chi connectivity index (χ1v) is 3.85. The first-order valence-electron chi connectivity index (χ1n) is 3.85. The molecule has 0 aliphatic carbocycles. The van der Waals surface area contributed by atoms with Crippen LogP contribution in [0.5, 0.6) is 0 Å². The van der Waals surface area contributed by atoms with Gasteiger partial charge >= 0.3 is 6.09 Å². The van der Waals surface area contributed by atoms with E-state index in [1.54, 1.807) is 24.3 Å². The van der Waals surface area contributed by atoms with Crippen LogP contribution in [-0.2, 0) is 4.74 Å². The van der Waals surface area contributed by atoms with Crippen LogP contribution in [0.1, 0.15) is 11.7 Å². The van der Waals surface area contributed by atoms with Crippen LogP contribution in [0.2, 0.25) is 0 Å². The number of primary amides is 1. The van der Waals surface area contributed by atoms with Gasteiger partial charge < -0.3 is 15.6 Å². The van der Waals surface area contributed by atoms with Gasteiger partial charge in [-0.1, -0.05) is 30.3 Å². The summed E-state index contributed by atoms with van der Waals surface area (Å²) in [4.78, 5) is 10.2. The Morgan fingerprint density at radius 3 is 2.62 bits per heavy atom. The summed E-state index contributed by atoms with van der Waals surface area (Å²) in [7, 11) is 0. The van der Waals surface area contributed by atoms with Crippen LogP contribution >= 0.6 is 0 Å². The second-order valence-corrected chi connectivity index (χ2v) is 2.56. The van der Waals surface area contributed by atoms with Gasteiger partial charge in [0.1, 0.15) is 12.7 Å². The maximum atomic E-state index is 10.2. The average Bonchev–Trinajstić information content (AvgIpc) is 2.15. The van der Waals surface area contributed by atoms with Gasteiger partial charge in [0.25, 0.3) is 0 Å². The first kappa shape index (κ1) is 9.54. The molecule has 0 unspecified atom stereocenters. The fourth-order valence-electron chi connectivity index (χ4n) is 0.932. The molecule has 0 saturated carbocycles. The topological polar surface area (TPSA) is 72.6 Å². The maximum Gasteiger partial charge on any atom is 0.404 e. The number of hydrogen-bond donors (Lipinski definition) is 2. The standard InChI is InChI=1S/C9H11NO3/c10-9(12)13-6-8(11)7-4-2-1-3-5-7/h1-5,8,11H,6H2,(H2,10,12)/t8-/m1/s1. The van der Waals surface area contributed by atoms with Crippen LogP contribution in [0.25, 0.3) is 0 Å². The highest BCUT2D eigenvalue weighted by Gasteiger charge is 2.07. The Morgan fingerprint density at radius 2 is 2.08 bits per heavy atom. The largest absolute Gasteiger partial charge is 0.447 e. The van der Waals surface area contributed by atoms with E-state index in [1.165, 1.54) is 0 Å². The molecule has 0 radical (unpaired) electrons. The number of aliphatic hydroxyl groups is 1. The molecule has 1 aromatic carbocycles. The van der Waals surface area contributed by atoms with Gasteiger partial charge in [0.2, 0.25) is 0 Å². The summed E-state index contributed by atoms with van der Waals surface area (Å²) in [5, 5.41) is 9.44. The van der Waals surface area contributed by atoms with E-state index in [9.17, 15) is 9.90 Å². The minimum Gasteiger partial charge on any atom is -0.447 e. The normalized spacial score (nSPS) is 12.1. The lowest BCUT2D eigenvalue weighted by atomic mass is 10.1. The number of aliphatic hydroxyl groups excluding tert-OH is 1. The van der Waals surface area contributed by atoms with Gasteiger partial charge in [-0.3, -0.25) is 0 Å². The smallest absolute Gasteiger partial charge is 0.404 e. The molecule has 1 aromatic rings. The van der Waals surface area contributed by atoms with E-state index in [4.69, 9.17) is 5.73 Å². The number of carbonyl (C=O) groups is 1. The molecular weight excluding hydrogens is 170 g/mol. The fraction of sp³-hybridized carbons (Fsp3) is 0.222. The van der Waals surface area contributed by atoms with Crippen LogP contribution in [0.3, 0.4) is 0 Å². The molecule has 1 rings (SSSR count). The van der Waals surface area contributed by atoms with Crippen LogP contribution in [0.4, 0.5) is 4.79 Å². The highest BCUT2D eigenvalue weighted by molar-refractivity contribution is 5.64. The average molecular weight is 181 g/mol. The molecule has 0 spiro atoms. The lowest BCUT2D eigenvalue weighted by molar-refractivity contribution is 0.0729. The summed E-state index contributed by atoms with van der Waals surface area (Å²) in [5.74, 6) is 0. The Balaban J connectivity index is 2.49. The summed E-state index contributed by atoms with van der Waals surface area (Å²) in [6.07, 6.45) is -1.69. The van der Waals surface area contributed by atoms with E-state index in [2.05, 4.69) is 4.74 Å². The minimum atomic E-state index is -0.880. The van der Waals surface area contributed by atoms with E-state index in [0.717, 1.165) is 0 Å². The third-order valence-electron chi connectivity index (χ3n) is 1.57. The molecule has 13 heavy (non-hydrogen) atoms. The summed E-state index contributed by atoms with van der Waals surface area (Å²) in [5.41, 5.74) is 5.44. The highest BCUT2D eigenvalue weighted by Crippen LogP contribution is 2.11. The zero-order valence-electron chi connectivity index (χ0n) is 7.01. The predicted octanol–water partition coefficient (Wildman–Crippen LogP) is 0.815. The van der Waals surface area contributed by atoms with Crippen LogP contribution < -0.4 is 5.73 Å². The number of hydrogen-bond acceptors (Lipinski definition) is 3. The fourth-order valence-corrected chi connectivity index (χ4v) is 0.932. The number of nitrogens with two attached hydrogens (primary N) is 1. The van der Waals surface area contributed by atoms with Gasteiger partial charge in [-0.15, -0.1) is 0 Å². The SMILES string of the molecule is NC(=O)OC[C@@H](O)c1ccccc1. The van der Waals surface area contributed by atoms with Crippen molar-refractivity contribution in [1.82, 2.24) is 0 Å². The monoisotopic (exact) mass is 181 g/mol. The van der Waals surface area contributed by atoms with Crippen molar-refractivity contribution >= 4 is 6.09 Å². The second kappa shape index (κ2) is 4.47. The molecule has 0 aliphatic rings. The van der Waals surface area contributed by atoms with E-state index in [0.29, 0.717) is 5.56 Å². The number of ether oxygens (including phenoxy) is 1. The Labute approximate surface area is 75.9 Å². The molecule has 0 bridgehead atoms. The number of carbonyl (C=O) groups excluding carboxylic acids is 1. The Kier molecular flexibility index (Phi) is 3.28. The van der Waals surface area contributed by atoms with Crippen LogP contribution in [0, 0.1) is 0 Å². The van der Waals surface area contributed by atoms with Crippen molar-refractivity contribution in [2.45, 2.75) is 6.10 Å². The van der Waals surface area contributed by atoms with E-state index < -0.39 is 12.2 Å². The van der Waals surface area contributed by atoms with Crippen molar-refractivity contribution in [3.05, 3.63) is 35.9 Å². The van der Waals surface area contributed by atoms with Gasteiger partial charge in [-0.25, -0.2) is 4.79 Å². The Hall–Kier alpha value is -1.55. The predicted molar refractivity (Wildman–Crippen MR) is 46.9 cm³/mol. The Morgan fingerprint density at radius 1 is 1.46 bits per heavy atom. The van der Waals surface area contributed by atoms with E-state index >= 15 is 0 Å². The van der Waals surface area contributed by atoms with Crippen molar-refractivity contribution in [1.29, 1.82) is 0 Å². The zero-order chi connectivity index (χ0) is 9.68. The Bertz CT molecular complexity index is 273. The minimum absolute atomic E-state index is 0.112. The van der Waals surface area contributed by atoms with Crippen molar-refractivity contribution in [3.8, 4) is 0 Å². The quantitative estimate of drug-likeness (QED) is 0.724. The third kappa shape index (κ3) is 3.13. The zero-order valence-corrected chi connectivity index (χ0v) is 7.01. The lowest BCUT2D eigenvalue weighted by Crippen LogP contribution is -2.17. The van der Waals surface area contributed by atoms with Gasteiger partial charge in [0.15, 0.2) is 0 Å². The molecule has 0 fully saturated rings. The van der Waals surface area contributed by atoms with E-state index in [1.807, 2.05) is 6.07 Å². The first-order chi connectivity index (χ1) is 6.20. The van der Waals surface area contributed by atoms with Crippen molar-refractivity contribution < 1.29 is 14.6 Å². The number of amides is 1. The summed E-state index contributed by atoms with van der Waals surface area (Å²) in [6.45, 7) is -0.112. The van der Waals surface area contributed by atoms with E-state index in [-0.39, 0.29) is 6.61 Å². The van der Waals surface area contributed by atoms with Gasteiger partial charge in [0, 0.05) is 0 Å². The molecule has 4 heteroatoms. The van der Waals surface area contributed by atoms with Crippen molar-refractivity contribution in [2.24, 2.45) is 5.73 Å². The van der Waals surface area contributed by atoms with Crippen LogP contribution in [0.15, 0.2) is 30.3 Å².